The van der Waals surface area contributed by atoms with Crippen molar-refractivity contribution in [1.82, 2.24) is 10.0 Å². The van der Waals surface area contributed by atoms with Gasteiger partial charge in [-0.25, -0.2) is 13.1 Å². The summed E-state index contributed by atoms with van der Waals surface area (Å²) in [6.07, 6.45) is 2.76. The molecular weight excluding hydrogens is 268 g/mol. The van der Waals surface area contributed by atoms with Crippen molar-refractivity contribution in [1.29, 1.82) is 0 Å². The molecule has 6 nitrogen and oxygen atoms in total. The van der Waals surface area contributed by atoms with E-state index in [1.165, 1.54) is 6.08 Å². The Balaban J connectivity index is 2.22. The summed E-state index contributed by atoms with van der Waals surface area (Å²) in [6, 6.07) is 0. The second-order valence-electron chi connectivity index (χ2n) is 4.94. The fourth-order valence-electron chi connectivity index (χ4n) is 1.79. The van der Waals surface area contributed by atoms with Gasteiger partial charge in [0.25, 0.3) is 5.91 Å². The SMILES string of the molecule is C=CC1C#CC1(NC=O)C(=O)NS(=O)(=O)C1(C)CC1. The van der Waals surface area contributed by atoms with Crippen molar-refractivity contribution in [2.45, 2.75) is 30.1 Å². The van der Waals surface area contributed by atoms with Gasteiger partial charge < -0.3 is 5.32 Å². The van der Waals surface area contributed by atoms with Crippen LogP contribution in [0.1, 0.15) is 19.8 Å². The highest BCUT2D eigenvalue weighted by atomic mass is 32.2. The summed E-state index contributed by atoms with van der Waals surface area (Å²) in [6.45, 7) is 5.08. The molecule has 7 heteroatoms. The molecule has 2 aliphatic carbocycles. The quantitative estimate of drug-likeness (QED) is 0.382. The number of amides is 2. The summed E-state index contributed by atoms with van der Waals surface area (Å²) in [5.41, 5.74) is -1.53. The molecule has 0 aromatic carbocycles. The second-order valence-corrected chi connectivity index (χ2v) is 7.13. The smallest absolute Gasteiger partial charge is 0.273 e. The van der Waals surface area contributed by atoms with Crippen LogP contribution >= 0.6 is 0 Å². The topological polar surface area (TPSA) is 92.3 Å². The van der Waals surface area contributed by atoms with Gasteiger partial charge in [-0.05, 0) is 19.8 Å². The van der Waals surface area contributed by atoms with Gasteiger partial charge in [0, 0.05) is 0 Å². The van der Waals surface area contributed by atoms with Crippen LogP contribution in [0.5, 0.6) is 0 Å². The van der Waals surface area contributed by atoms with E-state index in [0.29, 0.717) is 19.3 Å². The molecule has 19 heavy (non-hydrogen) atoms. The highest BCUT2D eigenvalue weighted by molar-refractivity contribution is 7.91. The van der Waals surface area contributed by atoms with Crippen molar-refractivity contribution < 1.29 is 18.0 Å². The molecule has 0 spiro atoms. The van der Waals surface area contributed by atoms with Gasteiger partial charge in [-0.15, -0.1) is 6.58 Å². The van der Waals surface area contributed by atoms with E-state index in [9.17, 15) is 18.0 Å². The van der Waals surface area contributed by atoms with E-state index in [0.717, 1.165) is 0 Å². The maximum absolute atomic E-state index is 12.1. The van der Waals surface area contributed by atoms with Gasteiger partial charge in [0.05, 0.1) is 10.7 Å². The van der Waals surface area contributed by atoms with Crippen LogP contribution in [0, 0.1) is 17.8 Å². The molecule has 2 amide bonds. The lowest BCUT2D eigenvalue weighted by molar-refractivity contribution is -0.127. The van der Waals surface area contributed by atoms with E-state index in [1.54, 1.807) is 6.92 Å². The zero-order valence-electron chi connectivity index (χ0n) is 10.4. The minimum atomic E-state index is -3.75. The minimum absolute atomic E-state index is 0.329. The summed E-state index contributed by atoms with van der Waals surface area (Å²) >= 11 is 0. The van der Waals surface area contributed by atoms with E-state index in [4.69, 9.17) is 0 Å². The Hall–Kier alpha value is -1.81. The van der Waals surface area contributed by atoms with Gasteiger partial charge in [-0.3, -0.25) is 9.59 Å². The first-order valence-corrected chi connectivity index (χ1v) is 7.23. The molecule has 102 valence electrons. The van der Waals surface area contributed by atoms with E-state index in [-0.39, 0.29) is 0 Å². The average molecular weight is 282 g/mol. The molecule has 0 heterocycles. The molecule has 0 bridgehead atoms. The highest BCUT2D eigenvalue weighted by Gasteiger charge is 2.54. The molecule has 0 aliphatic heterocycles. The molecule has 0 aromatic heterocycles. The first kappa shape index (κ1) is 13.6. The van der Waals surface area contributed by atoms with Gasteiger partial charge in [0.1, 0.15) is 0 Å². The van der Waals surface area contributed by atoms with Crippen LogP contribution in [0.2, 0.25) is 0 Å². The van der Waals surface area contributed by atoms with E-state index >= 15 is 0 Å². The summed E-state index contributed by atoms with van der Waals surface area (Å²) in [4.78, 5) is 22.7. The third kappa shape index (κ3) is 1.92. The molecule has 1 fully saturated rings. The maximum atomic E-state index is 12.1. The standard InChI is InChI=1S/C12H14N2O4S/c1-3-9-4-5-12(9,13-8-15)10(16)14-19(17,18)11(2)6-7-11/h3,8-9H,1,6-7H2,2H3,(H,13,15)(H,14,16). The van der Waals surface area contributed by atoms with Crippen LogP contribution in [0.15, 0.2) is 12.7 Å². The summed E-state index contributed by atoms with van der Waals surface area (Å²) < 4.78 is 25.1. The fraction of sp³-hybridized carbons (Fsp3) is 0.500. The molecule has 0 radical (unpaired) electrons. The normalized spacial score (nSPS) is 30.1. The number of carbonyl (C=O) groups is 2. The number of rotatable bonds is 6. The Labute approximate surface area is 111 Å². The van der Waals surface area contributed by atoms with Crippen molar-refractivity contribution >= 4 is 22.3 Å². The number of hydrogen-bond donors (Lipinski definition) is 2. The number of sulfonamides is 1. The number of carbonyl (C=O) groups excluding carboxylic acids is 2. The number of hydrogen-bond acceptors (Lipinski definition) is 4. The zero-order chi connectivity index (χ0) is 14.3. The van der Waals surface area contributed by atoms with E-state index in [2.05, 4.69) is 23.7 Å². The lowest BCUT2D eigenvalue weighted by atomic mass is 9.77. The lowest BCUT2D eigenvalue weighted by Crippen LogP contribution is -2.64. The van der Waals surface area contributed by atoms with Crippen molar-refractivity contribution in [3.05, 3.63) is 12.7 Å². The first-order valence-electron chi connectivity index (χ1n) is 5.75. The Bertz CT molecular complexity index is 609. The molecule has 0 aromatic rings. The van der Waals surface area contributed by atoms with Crippen LogP contribution in [-0.4, -0.2) is 31.0 Å². The second kappa shape index (κ2) is 4.10. The Kier molecular flexibility index (Phi) is 2.94. The van der Waals surface area contributed by atoms with Crippen LogP contribution in [0.25, 0.3) is 0 Å². The van der Waals surface area contributed by atoms with Gasteiger partial charge in [-0.1, -0.05) is 17.9 Å². The molecule has 2 aliphatic rings. The molecule has 1 saturated carbocycles. The largest absolute Gasteiger partial charge is 0.333 e. The molecular formula is C12H14N2O4S. The van der Waals surface area contributed by atoms with Gasteiger partial charge >= 0.3 is 0 Å². The van der Waals surface area contributed by atoms with E-state index < -0.39 is 32.1 Å². The first-order chi connectivity index (χ1) is 8.81. The van der Waals surface area contributed by atoms with Crippen LogP contribution in [0.4, 0.5) is 0 Å². The van der Waals surface area contributed by atoms with Crippen molar-refractivity contribution in [2.24, 2.45) is 5.92 Å². The predicted molar refractivity (Wildman–Crippen MR) is 68.1 cm³/mol. The van der Waals surface area contributed by atoms with Gasteiger partial charge in [0.15, 0.2) is 5.54 Å². The average Bonchev–Trinajstić information content (AvgIpc) is 3.04. The van der Waals surface area contributed by atoms with Crippen LogP contribution in [0.3, 0.4) is 0 Å². The van der Waals surface area contributed by atoms with Gasteiger partial charge in [0.2, 0.25) is 16.4 Å². The van der Waals surface area contributed by atoms with Gasteiger partial charge in [-0.2, -0.15) is 0 Å². The molecule has 0 saturated heterocycles. The van der Waals surface area contributed by atoms with Crippen LogP contribution in [-0.2, 0) is 19.6 Å². The monoisotopic (exact) mass is 282 g/mol. The molecule has 2 rings (SSSR count). The van der Waals surface area contributed by atoms with Crippen molar-refractivity contribution in [3.8, 4) is 11.8 Å². The maximum Gasteiger partial charge on any atom is 0.273 e. The highest BCUT2D eigenvalue weighted by Crippen LogP contribution is 2.42. The minimum Gasteiger partial charge on any atom is -0.333 e. The third-order valence-electron chi connectivity index (χ3n) is 3.60. The summed E-state index contributed by atoms with van der Waals surface area (Å²) in [5.74, 6) is 3.73. The lowest BCUT2D eigenvalue weighted by Gasteiger charge is -2.35. The zero-order valence-corrected chi connectivity index (χ0v) is 11.2. The van der Waals surface area contributed by atoms with E-state index in [1.807, 2.05) is 4.72 Å². The predicted octanol–water partition coefficient (Wildman–Crippen LogP) is -0.711. The molecule has 2 N–H and O–H groups in total. The van der Waals surface area contributed by atoms with Crippen molar-refractivity contribution in [2.75, 3.05) is 0 Å². The Morgan fingerprint density at radius 2 is 2.11 bits per heavy atom. The van der Waals surface area contributed by atoms with Crippen molar-refractivity contribution in [3.63, 3.8) is 0 Å². The number of nitrogens with one attached hydrogen (secondary N) is 2. The molecule has 2 atom stereocenters. The fourth-order valence-corrected chi connectivity index (χ4v) is 3.08. The summed E-state index contributed by atoms with van der Waals surface area (Å²) in [7, 11) is -3.75. The third-order valence-corrected chi connectivity index (χ3v) is 5.76. The van der Waals surface area contributed by atoms with Crippen LogP contribution < -0.4 is 10.0 Å². The summed E-state index contributed by atoms with van der Waals surface area (Å²) in [5, 5.41) is 2.29. The molecule has 2 unspecified atom stereocenters. The Morgan fingerprint density at radius 1 is 1.47 bits per heavy atom. The Morgan fingerprint density at radius 3 is 2.47 bits per heavy atom.